The van der Waals surface area contributed by atoms with Crippen LogP contribution in [0, 0.1) is 0 Å². The summed E-state index contributed by atoms with van der Waals surface area (Å²) in [5, 5.41) is 5.61. The van der Waals surface area contributed by atoms with Crippen molar-refractivity contribution < 1.29 is 18.4 Å². The smallest absolute Gasteiger partial charge is 0.254 e. The molecule has 7 heteroatoms. The van der Waals surface area contributed by atoms with Gasteiger partial charge in [0.1, 0.15) is 12.0 Å². The van der Waals surface area contributed by atoms with E-state index in [0.717, 1.165) is 18.8 Å². The van der Waals surface area contributed by atoms with Gasteiger partial charge in [0.05, 0.1) is 24.1 Å². The molecule has 0 saturated heterocycles. The van der Waals surface area contributed by atoms with Crippen LogP contribution in [0.4, 0.5) is 0 Å². The summed E-state index contributed by atoms with van der Waals surface area (Å²) in [5.74, 6) is 0.464. The van der Waals surface area contributed by atoms with Crippen molar-refractivity contribution in [2.24, 2.45) is 0 Å². The minimum Gasteiger partial charge on any atom is -0.472 e. The summed E-state index contributed by atoms with van der Waals surface area (Å²) in [6.45, 7) is 6.60. The SMILES string of the molecule is CCN(CC)C(CNC(=O)CCNC(=O)c1ccoc1)c1ccco1. The van der Waals surface area contributed by atoms with Crippen molar-refractivity contribution in [3.8, 4) is 0 Å². The molecule has 0 aromatic carbocycles. The van der Waals surface area contributed by atoms with E-state index < -0.39 is 0 Å². The molecule has 0 spiro atoms. The van der Waals surface area contributed by atoms with Crippen molar-refractivity contribution >= 4 is 11.8 Å². The third kappa shape index (κ3) is 5.49. The van der Waals surface area contributed by atoms with Gasteiger partial charge in [-0.1, -0.05) is 13.8 Å². The minimum absolute atomic E-state index is 0.00512. The fourth-order valence-electron chi connectivity index (χ4n) is 2.64. The zero-order valence-electron chi connectivity index (χ0n) is 14.7. The first-order valence-electron chi connectivity index (χ1n) is 8.50. The molecule has 2 aromatic rings. The fourth-order valence-corrected chi connectivity index (χ4v) is 2.64. The molecule has 2 amide bonds. The van der Waals surface area contributed by atoms with E-state index >= 15 is 0 Å². The van der Waals surface area contributed by atoms with Gasteiger partial charge in [0.25, 0.3) is 5.91 Å². The normalized spacial score (nSPS) is 12.1. The molecule has 0 saturated carbocycles. The van der Waals surface area contributed by atoms with Crippen molar-refractivity contribution in [1.29, 1.82) is 0 Å². The average molecular weight is 347 g/mol. The van der Waals surface area contributed by atoms with E-state index in [1.54, 1.807) is 12.3 Å². The Kier molecular flexibility index (Phi) is 7.28. The second-order valence-corrected chi connectivity index (χ2v) is 5.57. The number of likely N-dealkylation sites (N-methyl/N-ethyl adjacent to an activating group) is 1. The summed E-state index contributed by atoms with van der Waals surface area (Å²) >= 11 is 0. The number of hydrogen-bond acceptors (Lipinski definition) is 5. The Bertz CT molecular complexity index is 633. The Morgan fingerprint density at radius 2 is 1.96 bits per heavy atom. The molecule has 25 heavy (non-hydrogen) atoms. The molecule has 0 aliphatic heterocycles. The number of nitrogens with zero attached hydrogens (tertiary/aromatic N) is 1. The first kappa shape index (κ1) is 18.8. The molecule has 1 atom stereocenters. The quantitative estimate of drug-likeness (QED) is 0.688. The molecule has 2 rings (SSSR count). The molecule has 136 valence electrons. The zero-order chi connectivity index (χ0) is 18.1. The van der Waals surface area contributed by atoms with Gasteiger partial charge in [0.15, 0.2) is 0 Å². The molecule has 2 heterocycles. The molecule has 1 unspecified atom stereocenters. The van der Waals surface area contributed by atoms with Gasteiger partial charge in [0.2, 0.25) is 5.91 Å². The largest absolute Gasteiger partial charge is 0.472 e. The maximum atomic E-state index is 12.1. The molecular formula is C18H25N3O4. The maximum Gasteiger partial charge on any atom is 0.254 e. The second kappa shape index (κ2) is 9.68. The number of nitrogens with one attached hydrogen (secondary N) is 2. The highest BCUT2D eigenvalue weighted by Crippen LogP contribution is 2.20. The lowest BCUT2D eigenvalue weighted by molar-refractivity contribution is -0.121. The van der Waals surface area contributed by atoms with Crippen molar-refractivity contribution in [3.05, 3.63) is 48.3 Å². The van der Waals surface area contributed by atoms with Gasteiger partial charge in [-0.15, -0.1) is 0 Å². The Hall–Kier alpha value is -2.54. The third-order valence-electron chi connectivity index (χ3n) is 4.04. The third-order valence-corrected chi connectivity index (χ3v) is 4.04. The van der Waals surface area contributed by atoms with Gasteiger partial charge in [-0.2, -0.15) is 0 Å². The van der Waals surface area contributed by atoms with Crippen molar-refractivity contribution in [2.45, 2.75) is 26.3 Å². The Morgan fingerprint density at radius 3 is 2.56 bits per heavy atom. The minimum atomic E-state index is -0.252. The van der Waals surface area contributed by atoms with E-state index in [4.69, 9.17) is 8.83 Å². The standard InChI is InChI=1S/C18H25N3O4/c1-3-21(4-2)15(16-6-5-10-25-16)12-20-17(22)7-9-19-18(23)14-8-11-24-13-14/h5-6,8,10-11,13,15H,3-4,7,9,12H2,1-2H3,(H,19,23)(H,20,22). The van der Waals surface area contributed by atoms with Gasteiger partial charge in [-0.25, -0.2) is 0 Å². The summed E-state index contributed by atoms with van der Waals surface area (Å²) in [6.07, 6.45) is 4.66. The molecule has 2 N–H and O–H groups in total. The number of amides is 2. The number of rotatable bonds is 10. The van der Waals surface area contributed by atoms with Crippen LogP contribution >= 0.6 is 0 Å². The summed E-state index contributed by atoms with van der Waals surface area (Å²) in [4.78, 5) is 26.0. The summed E-state index contributed by atoms with van der Waals surface area (Å²) in [5.41, 5.74) is 0.444. The van der Waals surface area contributed by atoms with Gasteiger partial charge < -0.3 is 19.5 Å². The Balaban J connectivity index is 1.77. The topological polar surface area (TPSA) is 87.7 Å². The Labute approximate surface area is 147 Å². The van der Waals surface area contributed by atoms with Crippen LogP contribution in [0.25, 0.3) is 0 Å². The van der Waals surface area contributed by atoms with Gasteiger partial charge >= 0.3 is 0 Å². The highest BCUT2D eigenvalue weighted by Gasteiger charge is 2.21. The fraction of sp³-hybridized carbons (Fsp3) is 0.444. The first-order chi connectivity index (χ1) is 12.2. The molecule has 0 aliphatic rings. The predicted molar refractivity (Wildman–Crippen MR) is 93.0 cm³/mol. The lowest BCUT2D eigenvalue weighted by atomic mass is 10.2. The van der Waals surface area contributed by atoms with Crippen LogP contribution < -0.4 is 10.6 Å². The van der Waals surface area contributed by atoms with Crippen LogP contribution in [0.2, 0.25) is 0 Å². The number of carbonyl (C=O) groups excluding carboxylic acids is 2. The van der Waals surface area contributed by atoms with Gasteiger partial charge in [0, 0.05) is 19.5 Å². The molecule has 0 radical (unpaired) electrons. The van der Waals surface area contributed by atoms with Crippen LogP contribution in [-0.4, -0.2) is 42.9 Å². The predicted octanol–water partition coefficient (Wildman–Crippen LogP) is 2.19. The molecule has 0 aliphatic carbocycles. The van der Waals surface area contributed by atoms with Gasteiger partial charge in [-0.05, 0) is 31.3 Å². The lowest BCUT2D eigenvalue weighted by Gasteiger charge is -2.28. The van der Waals surface area contributed by atoms with Crippen LogP contribution in [0.3, 0.4) is 0 Å². The molecule has 2 aromatic heterocycles. The monoisotopic (exact) mass is 347 g/mol. The first-order valence-corrected chi connectivity index (χ1v) is 8.50. The number of hydrogen-bond donors (Lipinski definition) is 2. The van der Waals surface area contributed by atoms with E-state index in [-0.39, 0.29) is 30.8 Å². The van der Waals surface area contributed by atoms with Crippen molar-refractivity contribution in [3.63, 3.8) is 0 Å². The van der Waals surface area contributed by atoms with E-state index in [1.807, 2.05) is 12.1 Å². The van der Waals surface area contributed by atoms with Crippen LogP contribution in [-0.2, 0) is 4.79 Å². The number of carbonyl (C=O) groups is 2. The zero-order valence-corrected chi connectivity index (χ0v) is 14.7. The highest BCUT2D eigenvalue weighted by atomic mass is 16.3. The van der Waals surface area contributed by atoms with E-state index in [0.29, 0.717) is 12.1 Å². The molecular weight excluding hydrogens is 322 g/mol. The van der Waals surface area contributed by atoms with Crippen molar-refractivity contribution in [1.82, 2.24) is 15.5 Å². The van der Waals surface area contributed by atoms with Crippen molar-refractivity contribution in [2.75, 3.05) is 26.2 Å². The average Bonchev–Trinajstić information content (AvgIpc) is 3.32. The second-order valence-electron chi connectivity index (χ2n) is 5.57. The lowest BCUT2D eigenvalue weighted by Crippen LogP contribution is -2.38. The molecule has 0 bridgehead atoms. The summed E-state index contributed by atoms with van der Waals surface area (Å²) in [6, 6.07) is 5.33. The molecule has 7 nitrogen and oxygen atoms in total. The highest BCUT2D eigenvalue weighted by molar-refractivity contribution is 5.94. The number of furan rings is 2. The van der Waals surface area contributed by atoms with Crippen LogP contribution in [0.15, 0.2) is 45.8 Å². The Morgan fingerprint density at radius 1 is 1.16 bits per heavy atom. The van der Waals surface area contributed by atoms with E-state index in [9.17, 15) is 9.59 Å². The van der Waals surface area contributed by atoms with Gasteiger partial charge in [-0.3, -0.25) is 14.5 Å². The summed E-state index contributed by atoms with van der Waals surface area (Å²) in [7, 11) is 0. The van der Waals surface area contributed by atoms with E-state index in [1.165, 1.54) is 12.5 Å². The van der Waals surface area contributed by atoms with Crippen LogP contribution in [0.5, 0.6) is 0 Å². The summed E-state index contributed by atoms with van der Waals surface area (Å²) < 4.78 is 10.4. The molecule has 0 fully saturated rings. The maximum absolute atomic E-state index is 12.1. The van der Waals surface area contributed by atoms with E-state index in [2.05, 4.69) is 29.4 Å². The van der Waals surface area contributed by atoms with Crippen LogP contribution in [0.1, 0.15) is 42.4 Å².